The molecule has 0 radical (unpaired) electrons. The van der Waals surface area contributed by atoms with Crippen molar-refractivity contribution in [3.8, 4) is 0 Å². The summed E-state index contributed by atoms with van der Waals surface area (Å²) in [5.41, 5.74) is 7.82. The van der Waals surface area contributed by atoms with Crippen LogP contribution in [0.4, 0.5) is 0 Å². The summed E-state index contributed by atoms with van der Waals surface area (Å²) in [4.78, 5) is 4.34. The number of nitrogens with two attached hydrogens (primary N) is 1. The Bertz CT molecular complexity index is 250. The molecular weight excluding hydrogens is 138 g/mol. The van der Waals surface area contributed by atoms with Crippen LogP contribution in [0.2, 0.25) is 0 Å². The first-order chi connectivity index (χ1) is 5.20. The lowest BCUT2D eigenvalue weighted by atomic mass is 10.2. The van der Waals surface area contributed by atoms with Gasteiger partial charge in [-0.2, -0.15) is 0 Å². The van der Waals surface area contributed by atoms with Gasteiger partial charge in [0.1, 0.15) is 5.82 Å². The molecule has 0 fully saturated rings. The molecular formula is C8H15N3. The summed E-state index contributed by atoms with van der Waals surface area (Å²) in [6, 6.07) is 0. The van der Waals surface area contributed by atoms with Crippen molar-refractivity contribution in [3.05, 3.63) is 17.2 Å². The lowest BCUT2D eigenvalue weighted by Gasteiger charge is -2.00. The molecule has 1 rings (SSSR count). The van der Waals surface area contributed by atoms with Gasteiger partial charge < -0.3 is 10.3 Å². The Balaban J connectivity index is 3.15. The van der Waals surface area contributed by atoms with Gasteiger partial charge >= 0.3 is 0 Å². The van der Waals surface area contributed by atoms with E-state index in [1.54, 1.807) is 0 Å². The maximum absolute atomic E-state index is 5.53. The summed E-state index contributed by atoms with van der Waals surface area (Å²) in [5.74, 6) is 1.04. The van der Waals surface area contributed by atoms with Gasteiger partial charge in [-0.05, 0) is 13.3 Å². The molecule has 0 aliphatic rings. The third-order valence-corrected chi connectivity index (χ3v) is 2.05. The first kappa shape index (κ1) is 8.27. The lowest BCUT2D eigenvalue weighted by Crippen LogP contribution is -2.02. The van der Waals surface area contributed by atoms with E-state index in [1.807, 2.05) is 14.0 Å². The number of nitrogens with zero attached hydrogens (tertiary/aromatic N) is 2. The molecule has 3 nitrogen and oxygen atoms in total. The maximum Gasteiger partial charge on any atom is 0.105 e. The number of rotatable bonds is 2. The molecule has 2 N–H and O–H groups in total. The number of hydrogen-bond acceptors (Lipinski definition) is 2. The topological polar surface area (TPSA) is 43.8 Å². The Morgan fingerprint density at radius 1 is 1.55 bits per heavy atom. The molecule has 0 spiro atoms. The Morgan fingerprint density at radius 3 is 2.55 bits per heavy atom. The minimum atomic E-state index is 0.546. The van der Waals surface area contributed by atoms with Crippen molar-refractivity contribution in [2.75, 3.05) is 0 Å². The number of aryl methyl sites for hydroxylation is 1. The van der Waals surface area contributed by atoms with E-state index in [9.17, 15) is 0 Å². The van der Waals surface area contributed by atoms with Gasteiger partial charge in [-0.25, -0.2) is 4.98 Å². The predicted molar refractivity (Wildman–Crippen MR) is 45.2 cm³/mol. The molecule has 11 heavy (non-hydrogen) atoms. The average Bonchev–Trinajstić information content (AvgIpc) is 2.28. The summed E-state index contributed by atoms with van der Waals surface area (Å²) >= 11 is 0. The van der Waals surface area contributed by atoms with Crippen molar-refractivity contribution >= 4 is 0 Å². The van der Waals surface area contributed by atoms with Crippen molar-refractivity contribution in [1.29, 1.82) is 0 Å². The number of aromatic nitrogens is 2. The van der Waals surface area contributed by atoms with E-state index in [2.05, 4.69) is 16.5 Å². The van der Waals surface area contributed by atoms with Crippen LogP contribution in [0, 0.1) is 6.92 Å². The number of hydrogen-bond donors (Lipinski definition) is 1. The summed E-state index contributed by atoms with van der Waals surface area (Å²) in [6.07, 6.45) is 1.00. The summed E-state index contributed by atoms with van der Waals surface area (Å²) in [5, 5.41) is 0. The third-order valence-electron chi connectivity index (χ3n) is 2.05. The van der Waals surface area contributed by atoms with Crippen LogP contribution in [0.1, 0.15) is 24.1 Å². The van der Waals surface area contributed by atoms with Crippen LogP contribution in [0.15, 0.2) is 0 Å². The predicted octanol–water partition coefficient (Wildman–Crippen LogP) is 0.750. The second kappa shape index (κ2) is 3.05. The molecule has 3 heteroatoms. The van der Waals surface area contributed by atoms with Crippen LogP contribution in [0.3, 0.4) is 0 Å². The second-order valence-corrected chi connectivity index (χ2v) is 2.67. The molecule has 1 aromatic rings. The lowest BCUT2D eigenvalue weighted by molar-refractivity contribution is 0.792. The van der Waals surface area contributed by atoms with Crippen molar-refractivity contribution < 1.29 is 0 Å². The van der Waals surface area contributed by atoms with Gasteiger partial charge in [0.15, 0.2) is 0 Å². The van der Waals surface area contributed by atoms with E-state index in [0.29, 0.717) is 6.54 Å². The average molecular weight is 153 g/mol. The van der Waals surface area contributed by atoms with Crippen LogP contribution in [0.5, 0.6) is 0 Å². The zero-order valence-electron chi connectivity index (χ0n) is 7.39. The van der Waals surface area contributed by atoms with Crippen molar-refractivity contribution in [2.45, 2.75) is 26.8 Å². The Morgan fingerprint density at radius 2 is 2.18 bits per heavy atom. The molecule has 0 aliphatic heterocycles. The van der Waals surface area contributed by atoms with Gasteiger partial charge in [0.25, 0.3) is 0 Å². The zero-order valence-corrected chi connectivity index (χ0v) is 7.39. The SMILES string of the molecule is CCc1c(CN)nc(C)n1C. The number of imidazole rings is 1. The minimum absolute atomic E-state index is 0.546. The van der Waals surface area contributed by atoms with E-state index >= 15 is 0 Å². The molecule has 1 aromatic heterocycles. The molecule has 0 saturated heterocycles. The molecule has 0 aliphatic carbocycles. The van der Waals surface area contributed by atoms with Crippen molar-refractivity contribution in [2.24, 2.45) is 12.8 Å². The molecule has 0 amide bonds. The Hall–Kier alpha value is -0.830. The zero-order chi connectivity index (χ0) is 8.43. The third kappa shape index (κ3) is 1.28. The molecule has 0 bridgehead atoms. The van der Waals surface area contributed by atoms with E-state index in [1.165, 1.54) is 5.69 Å². The molecule has 0 saturated carbocycles. The summed E-state index contributed by atoms with van der Waals surface area (Å²) in [7, 11) is 2.03. The normalized spacial score (nSPS) is 10.5. The smallest absolute Gasteiger partial charge is 0.105 e. The quantitative estimate of drug-likeness (QED) is 0.681. The highest BCUT2D eigenvalue weighted by Crippen LogP contribution is 2.09. The minimum Gasteiger partial charge on any atom is -0.335 e. The van der Waals surface area contributed by atoms with Crippen molar-refractivity contribution in [1.82, 2.24) is 9.55 Å². The van der Waals surface area contributed by atoms with Crippen LogP contribution in [0.25, 0.3) is 0 Å². The highest BCUT2D eigenvalue weighted by Gasteiger charge is 2.07. The Kier molecular flexibility index (Phi) is 2.29. The van der Waals surface area contributed by atoms with Gasteiger partial charge in [0.2, 0.25) is 0 Å². The first-order valence-corrected chi connectivity index (χ1v) is 3.91. The van der Waals surface area contributed by atoms with Crippen LogP contribution in [-0.4, -0.2) is 9.55 Å². The van der Waals surface area contributed by atoms with Crippen molar-refractivity contribution in [3.63, 3.8) is 0 Å². The summed E-state index contributed by atoms with van der Waals surface area (Å²) < 4.78 is 2.10. The van der Waals surface area contributed by atoms with Crippen LogP contribution >= 0.6 is 0 Å². The van der Waals surface area contributed by atoms with E-state index in [0.717, 1.165) is 17.9 Å². The first-order valence-electron chi connectivity index (χ1n) is 3.91. The largest absolute Gasteiger partial charge is 0.335 e. The van der Waals surface area contributed by atoms with Gasteiger partial charge in [0, 0.05) is 19.3 Å². The van der Waals surface area contributed by atoms with Gasteiger partial charge in [-0.15, -0.1) is 0 Å². The van der Waals surface area contributed by atoms with E-state index in [-0.39, 0.29) is 0 Å². The van der Waals surface area contributed by atoms with Gasteiger partial charge in [0.05, 0.1) is 5.69 Å². The second-order valence-electron chi connectivity index (χ2n) is 2.67. The van der Waals surface area contributed by atoms with Gasteiger partial charge in [-0.1, -0.05) is 6.92 Å². The highest BCUT2D eigenvalue weighted by atomic mass is 15.1. The van der Waals surface area contributed by atoms with Gasteiger partial charge in [-0.3, -0.25) is 0 Å². The fourth-order valence-electron chi connectivity index (χ4n) is 1.33. The Labute approximate surface area is 67.2 Å². The molecule has 62 valence electrons. The molecule has 0 atom stereocenters. The molecule has 1 heterocycles. The van der Waals surface area contributed by atoms with Crippen LogP contribution < -0.4 is 5.73 Å². The standard InChI is InChI=1S/C8H15N3/c1-4-8-7(5-9)10-6(2)11(8)3/h4-5,9H2,1-3H3. The molecule has 0 aromatic carbocycles. The molecule has 0 unspecified atom stereocenters. The van der Waals surface area contributed by atoms with Crippen LogP contribution in [-0.2, 0) is 20.0 Å². The van der Waals surface area contributed by atoms with E-state index < -0.39 is 0 Å². The summed E-state index contributed by atoms with van der Waals surface area (Å²) in [6.45, 7) is 4.67. The highest BCUT2D eigenvalue weighted by molar-refractivity contribution is 5.16. The fourth-order valence-corrected chi connectivity index (χ4v) is 1.33. The monoisotopic (exact) mass is 153 g/mol. The van der Waals surface area contributed by atoms with E-state index in [4.69, 9.17) is 5.73 Å². The fraction of sp³-hybridized carbons (Fsp3) is 0.625. The maximum atomic E-state index is 5.53.